The van der Waals surface area contributed by atoms with E-state index in [-0.39, 0.29) is 5.97 Å². The highest BCUT2D eigenvalue weighted by molar-refractivity contribution is 7.14. The fourth-order valence-corrected chi connectivity index (χ4v) is 2.69. The lowest BCUT2D eigenvalue weighted by Crippen LogP contribution is -2.11. The summed E-state index contributed by atoms with van der Waals surface area (Å²) in [5, 5.41) is 2.36. The standard InChI is InChI=1S/C16H19NO3S/c1-10(2)8-20-16(18)14-13(9-21-15(14)17)11-4-6-12(19-3)7-5-11/h4-7,9-10H,8,17H2,1-3H3. The van der Waals surface area contributed by atoms with Gasteiger partial charge >= 0.3 is 5.97 Å². The minimum atomic E-state index is -0.367. The van der Waals surface area contributed by atoms with Crippen LogP contribution in [-0.4, -0.2) is 19.7 Å². The predicted molar refractivity (Wildman–Crippen MR) is 85.8 cm³/mol. The minimum absolute atomic E-state index is 0.290. The Morgan fingerprint density at radius 3 is 2.52 bits per heavy atom. The van der Waals surface area contributed by atoms with Crippen molar-refractivity contribution >= 4 is 22.3 Å². The van der Waals surface area contributed by atoms with Gasteiger partial charge in [0.05, 0.1) is 13.7 Å². The Hall–Kier alpha value is -2.01. The largest absolute Gasteiger partial charge is 0.497 e. The van der Waals surface area contributed by atoms with Crippen molar-refractivity contribution in [1.82, 2.24) is 0 Å². The first-order valence-corrected chi connectivity index (χ1v) is 7.59. The summed E-state index contributed by atoms with van der Waals surface area (Å²) in [4.78, 5) is 12.2. The number of carbonyl (C=O) groups excluding carboxylic acids is 1. The van der Waals surface area contributed by atoms with Gasteiger partial charge in [-0.25, -0.2) is 4.79 Å². The lowest BCUT2D eigenvalue weighted by molar-refractivity contribution is 0.0461. The molecule has 0 fully saturated rings. The number of methoxy groups -OCH3 is 1. The molecule has 0 aliphatic heterocycles. The van der Waals surface area contributed by atoms with Gasteiger partial charge in [0.1, 0.15) is 16.3 Å². The quantitative estimate of drug-likeness (QED) is 0.853. The average Bonchev–Trinajstić information content (AvgIpc) is 2.86. The van der Waals surface area contributed by atoms with Gasteiger partial charge in [0.2, 0.25) is 0 Å². The molecule has 2 N–H and O–H groups in total. The maximum Gasteiger partial charge on any atom is 0.341 e. The van der Waals surface area contributed by atoms with Crippen LogP contribution >= 0.6 is 11.3 Å². The van der Waals surface area contributed by atoms with E-state index in [1.807, 2.05) is 43.5 Å². The Kier molecular flexibility index (Phi) is 4.85. The van der Waals surface area contributed by atoms with Gasteiger partial charge < -0.3 is 15.2 Å². The van der Waals surface area contributed by atoms with Crippen LogP contribution < -0.4 is 10.5 Å². The van der Waals surface area contributed by atoms with Crippen LogP contribution in [0.2, 0.25) is 0 Å². The summed E-state index contributed by atoms with van der Waals surface area (Å²) in [5.74, 6) is 0.692. The first-order valence-electron chi connectivity index (χ1n) is 6.71. The average molecular weight is 305 g/mol. The smallest absolute Gasteiger partial charge is 0.341 e. The summed E-state index contributed by atoms with van der Waals surface area (Å²) in [6, 6.07) is 7.51. The molecule has 1 aromatic carbocycles. The molecule has 112 valence electrons. The molecule has 0 atom stereocenters. The Balaban J connectivity index is 2.30. The zero-order chi connectivity index (χ0) is 15.4. The highest BCUT2D eigenvalue weighted by atomic mass is 32.1. The molecule has 1 aromatic heterocycles. The monoisotopic (exact) mass is 305 g/mol. The number of esters is 1. The zero-order valence-corrected chi connectivity index (χ0v) is 13.2. The van der Waals surface area contributed by atoms with Gasteiger partial charge in [-0.15, -0.1) is 11.3 Å². The number of hydrogen-bond acceptors (Lipinski definition) is 5. The first-order chi connectivity index (χ1) is 10.0. The van der Waals surface area contributed by atoms with E-state index in [4.69, 9.17) is 15.2 Å². The van der Waals surface area contributed by atoms with Gasteiger partial charge in [0.25, 0.3) is 0 Å². The number of hydrogen-bond donors (Lipinski definition) is 1. The van der Waals surface area contributed by atoms with Crippen molar-refractivity contribution in [3.63, 3.8) is 0 Å². The van der Waals surface area contributed by atoms with E-state index in [9.17, 15) is 4.79 Å². The van der Waals surface area contributed by atoms with Crippen LogP contribution in [-0.2, 0) is 4.74 Å². The predicted octanol–water partition coefficient (Wildman–Crippen LogP) is 3.82. The van der Waals surface area contributed by atoms with Gasteiger partial charge in [-0.1, -0.05) is 26.0 Å². The van der Waals surface area contributed by atoms with E-state index in [1.54, 1.807) is 7.11 Å². The van der Waals surface area contributed by atoms with Gasteiger partial charge in [-0.3, -0.25) is 0 Å². The molecule has 1 heterocycles. The third-order valence-corrected chi connectivity index (χ3v) is 3.78. The van der Waals surface area contributed by atoms with Gasteiger partial charge in [-0.05, 0) is 23.6 Å². The van der Waals surface area contributed by atoms with E-state index < -0.39 is 0 Å². The number of carbonyl (C=O) groups is 1. The number of nitrogen functional groups attached to an aromatic ring is 1. The number of ether oxygens (including phenoxy) is 2. The molecule has 0 bridgehead atoms. The highest BCUT2D eigenvalue weighted by Crippen LogP contribution is 2.34. The summed E-state index contributed by atoms with van der Waals surface area (Å²) in [6.45, 7) is 4.37. The molecule has 0 spiro atoms. The molecule has 0 radical (unpaired) electrons. The number of nitrogens with two attached hydrogens (primary N) is 1. The molecule has 4 nitrogen and oxygen atoms in total. The van der Waals surface area contributed by atoms with E-state index in [0.717, 1.165) is 16.9 Å². The number of benzene rings is 1. The highest BCUT2D eigenvalue weighted by Gasteiger charge is 2.20. The van der Waals surface area contributed by atoms with Crippen LogP contribution in [0.15, 0.2) is 29.6 Å². The second-order valence-electron chi connectivity index (χ2n) is 5.11. The van der Waals surface area contributed by atoms with E-state index in [1.165, 1.54) is 11.3 Å². The lowest BCUT2D eigenvalue weighted by Gasteiger charge is -2.09. The fraction of sp³-hybridized carbons (Fsp3) is 0.312. The zero-order valence-electron chi connectivity index (χ0n) is 12.4. The Morgan fingerprint density at radius 2 is 1.95 bits per heavy atom. The van der Waals surface area contributed by atoms with Crippen molar-refractivity contribution in [2.45, 2.75) is 13.8 Å². The molecule has 0 saturated carbocycles. The second-order valence-corrected chi connectivity index (χ2v) is 6.02. The van der Waals surface area contributed by atoms with Crippen molar-refractivity contribution in [2.24, 2.45) is 5.92 Å². The maximum absolute atomic E-state index is 12.2. The maximum atomic E-state index is 12.2. The van der Waals surface area contributed by atoms with Gasteiger partial charge in [0.15, 0.2) is 0 Å². The Labute approximate surface area is 128 Å². The number of rotatable bonds is 5. The van der Waals surface area contributed by atoms with Crippen molar-refractivity contribution in [3.8, 4) is 16.9 Å². The minimum Gasteiger partial charge on any atom is -0.497 e. The summed E-state index contributed by atoms with van der Waals surface area (Å²) < 4.78 is 10.4. The molecular formula is C16H19NO3S. The van der Waals surface area contributed by atoms with Crippen LogP contribution in [0.25, 0.3) is 11.1 Å². The van der Waals surface area contributed by atoms with Crippen molar-refractivity contribution < 1.29 is 14.3 Å². The van der Waals surface area contributed by atoms with E-state index in [2.05, 4.69) is 0 Å². The van der Waals surface area contributed by atoms with E-state index in [0.29, 0.717) is 23.1 Å². The molecule has 21 heavy (non-hydrogen) atoms. The van der Waals surface area contributed by atoms with Crippen molar-refractivity contribution in [1.29, 1.82) is 0 Å². The van der Waals surface area contributed by atoms with Crippen LogP contribution in [0.5, 0.6) is 5.75 Å². The molecule has 0 unspecified atom stereocenters. The van der Waals surface area contributed by atoms with Crippen LogP contribution in [0, 0.1) is 5.92 Å². The normalized spacial score (nSPS) is 10.7. The molecule has 0 aliphatic carbocycles. The third kappa shape index (κ3) is 3.55. The van der Waals surface area contributed by atoms with Crippen molar-refractivity contribution in [3.05, 3.63) is 35.2 Å². The lowest BCUT2D eigenvalue weighted by atomic mass is 10.0. The van der Waals surface area contributed by atoms with Crippen molar-refractivity contribution in [2.75, 3.05) is 19.5 Å². The van der Waals surface area contributed by atoms with E-state index >= 15 is 0 Å². The third-order valence-electron chi connectivity index (χ3n) is 2.97. The van der Waals surface area contributed by atoms with Gasteiger partial charge in [0, 0.05) is 10.9 Å². The van der Waals surface area contributed by atoms with Crippen LogP contribution in [0.3, 0.4) is 0 Å². The summed E-state index contributed by atoms with van der Waals surface area (Å²) in [7, 11) is 1.62. The van der Waals surface area contributed by atoms with Crippen LogP contribution in [0.4, 0.5) is 5.00 Å². The molecule has 0 amide bonds. The SMILES string of the molecule is COc1ccc(-c2csc(N)c2C(=O)OCC(C)C)cc1. The molecule has 5 heteroatoms. The topological polar surface area (TPSA) is 61.5 Å². The second kappa shape index (κ2) is 6.63. The Bertz CT molecular complexity index is 617. The number of thiophene rings is 1. The first kappa shape index (κ1) is 15.4. The fourth-order valence-electron chi connectivity index (χ4n) is 1.88. The van der Waals surface area contributed by atoms with Crippen LogP contribution in [0.1, 0.15) is 24.2 Å². The Morgan fingerprint density at radius 1 is 1.29 bits per heavy atom. The summed E-state index contributed by atoms with van der Waals surface area (Å²) in [5.41, 5.74) is 8.10. The molecule has 2 rings (SSSR count). The molecule has 0 saturated heterocycles. The summed E-state index contributed by atoms with van der Waals surface area (Å²) >= 11 is 1.34. The molecule has 0 aliphatic rings. The molecular weight excluding hydrogens is 286 g/mol. The van der Waals surface area contributed by atoms with Gasteiger partial charge in [-0.2, -0.15) is 0 Å². The summed E-state index contributed by atoms with van der Waals surface area (Å²) in [6.07, 6.45) is 0. The molecule has 2 aromatic rings. The number of anilines is 1.